The van der Waals surface area contributed by atoms with Crippen LogP contribution in [0.4, 0.5) is 4.20 Å². The van der Waals surface area contributed by atoms with Gasteiger partial charge < -0.3 is 0 Å². The van der Waals surface area contributed by atoms with Gasteiger partial charge in [-0.1, -0.05) is 19.9 Å². The Morgan fingerprint density at radius 1 is 1.75 bits per heavy atom. The van der Waals surface area contributed by atoms with Crippen molar-refractivity contribution >= 4 is 7.91 Å². The van der Waals surface area contributed by atoms with E-state index in [1.54, 1.807) is 0 Å². The monoisotopic (exact) mass is 194 g/mol. The van der Waals surface area contributed by atoms with Gasteiger partial charge >= 0.3 is 7.91 Å². The summed E-state index contributed by atoms with van der Waals surface area (Å²) >= 11 is 0. The zero-order valence-electron chi connectivity index (χ0n) is 7.12. The van der Waals surface area contributed by atoms with E-state index in [2.05, 4.69) is 15.6 Å². The van der Waals surface area contributed by atoms with Crippen molar-refractivity contribution in [2.24, 2.45) is 5.41 Å². The molecule has 0 bridgehead atoms. The summed E-state index contributed by atoms with van der Waals surface area (Å²) in [7, 11) is -4.31. The molecule has 12 heavy (non-hydrogen) atoms. The van der Waals surface area contributed by atoms with E-state index in [1.165, 1.54) is 6.08 Å². The fourth-order valence-electron chi connectivity index (χ4n) is 0.996. The summed E-state index contributed by atoms with van der Waals surface area (Å²) < 4.78 is 32.5. The fourth-order valence-corrected chi connectivity index (χ4v) is 2.19. The minimum absolute atomic E-state index is 0.0808. The van der Waals surface area contributed by atoms with Crippen LogP contribution < -0.4 is 0 Å². The van der Waals surface area contributed by atoms with Crippen LogP contribution in [0.15, 0.2) is 12.7 Å². The van der Waals surface area contributed by atoms with Crippen molar-refractivity contribution in [1.82, 2.24) is 0 Å². The summed E-state index contributed by atoms with van der Waals surface area (Å²) in [6.45, 7) is 7.22. The Labute approximate surface area is 71.2 Å². The standard InChI is InChI=1S/C7H12FO3P/c1-4-6-7(2,3)5-10-12(8,9)11-6/h4,6H,1,5H2,2-3H3. The quantitative estimate of drug-likeness (QED) is 0.475. The summed E-state index contributed by atoms with van der Waals surface area (Å²) in [5.74, 6) is 0. The van der Waals surface area contributed by atoms with Crippen molar-refractivity contribution in [3.05, 3.63) is 12.7 Å². The maximum atomic E-state index is 12.7. The molecule has 0 aromatic rings. The third kappa shape index (κ3) is 1.94. The minimum Gasteiger partial charge on any atom is -0.283 e. The second-order valence-electron chi connectivity index (χ2n) is 3.45. The molecule has 1 rings (SSSR count). The van der Waals surface area contributed by atoms with E-state index >= 15 is 0 Å². The zero-order chi connectivity index (χ0) is 9.41. The van der Waals surface area contributed by atoms with Crippen molar-refractivity contribution in [3.63, 3.8) is 0 Å². The third-order valence-corrected chi connectivity index (χ3v) is 2.73. The molecule has 0 aromatic carbocycles. The Hall–Kier alpha value is -0.180. The highest BCUT2D eigenvalue weighted by Crippen LogP contribution is 2.57. The lowest BCUT2D eigenvalue weighted by Gasteiger charge is -2.36. The van der Waals surface area contributed by atoms with Crippen LogP contribution in [0, 0.1) is 5.41 Å². The molecule has 0 saturated carbocycles. The molecule has 1 saturated heterocycles. The zero-order valence-corrected chi connectivity index (χ0v) is 8.01. The second kappa shape index (κ2) is 2.95. The van der Waals surface area contributed by atoms with Crippen LogP contribution in [0.2, 0.25) is 0 Å². The van der Waals surface area contributed by atoms with Crippen LogP contribution in [0.3, 0.4) is 0 Å². The topological polar surface area (TPSA) is 35.5 Å². The van der Waals surface area contributed by atoms with E-state index in [-0.39, 0.29) is 12.0 Å². The minimum atomic E-state index is -4.31. The third-order valence-electron chi connectivity index (χ3n) is 1.81. The predicted octanol–water partition coefficient (Wildman–Crippen LogP) is 2.69. The molecule has 0 N–H and O–H groups in total. The summed E-state index contributed by atoms with van der Waals surface area (Å²) in [5, 5.41) is 0. The van der Waals surface area contributed by atoms with Gasteiger partial charge in [-0.05, 0) is 0 Å². The van der Waals surface area contributed by atoms with Crippen molar-refractivity contribution < 1.29 is 17.8 Å². The lowest BCUT2D eigenvalue weighted by atomic mass is 9.88. The second-order valence-corrected chi connectivity index (χ2v) is 4.78. The maximum Gasteiger partial charge on any atom is 0.513 e. The molecule has 0 aromatic heterocycles. The van der Waals surface area contributed by atoms with E-state index < -0.39 is 14.0 Å². The normalized spacial score (nSPS) is 40.8. The Morgan fingerprint density at radius 2 is 2.33 bits per heavy atom. The fraction of sp³-hybridized carbons (Fsp3) is 0.714. The smallest absolute Gasteiger partial charge is 0.283 e. The largest absolute Gasteiger partial charge is 0.513 e. The summed E-state index contributed by atoms with van der Waals surface area (Å²) in [5.41, 5.74) is -0.373. The Balaban J connectivity index is 2.80. The lowest BCUT2D eigenvalue weighted by Crippen LogP contribution is -2.37. The summed E-state index contributed by atoms with van der Waals surface area (Å²) in [6, 6.07) is 0. The van der Waals surface area contributed by atoms with E-state index in [4.69, 9.17) is 0 Å². The van der Waals surface area contributed by atoms with Crippen molar-refractivity contribution in [3.8, 4) is 0 Å². The lowest BCUT2D eigenvalue weighted by molar-refractivity contribution is -0.0123. The van der Waals surface area contributed by atoms with Crippen LogP contribution in [0.5, 0.6) is 0 Å². The maximum absolute atomic E-state index is 12.7. The highest BCUT2D eigenvalue weighted by molar-refractivity contribution is 7.48. The molecule has 1 heterocycles. The molecule has 1 aliphatic heterocycles. The van der Waals surface area contributed by atoms with Crippen LogP contribution in [-0.4, -0.2) is 12.7 Å². The van der Waals surface area contributed by atoms with Gasteiger partial charge in [0.05, 0.1) is 12.7 Å². The summed E-state index contributed by atoms with van der Waals surface area (Å²) in [4.78, 5) is 0. The van der Waals surface area contributed by atoms with Crippen molar-refractivity contribution in [1.29, 1.82) is 0 Å². The molecular formula is C7H12FO3P. The number of hydrogen-bond acceptors (Lipinski definition) is 3. The van der Waals surface area contributed by atoms with Gasteiger partial charge in [-0.3, -0.25) is 9.05 Å². The van der Waals surface area contributed by atoms with Gasteiger partial charge in [0.2, 0.25) is 0 Å². The molecular weight excluding hydrogens is 182 g/mol. The average Bonchev–Trinajstić information content (AvgIpc) is 1.95. The molecule has 70 valence electrons. The van der Waals surface area contributed by atoms with Crippen LogP contribution in [-0.2, 0) is 13.6 Å². The van der Waals surface area contributed by atoms with E-state index in [0.29, 0.717) is 0 Å². The highest BCUT2D eigenvalue weighted by Gasteiger charge is 2.43. The molecule has 0 spiro atoms. The van der Waals surface area contributed by atoms with Gasteiger partial charge in [0.15, 0.2) is 0 Å². The van der Waals surface area contributed by atoms with Gasteiger partial charge in [-0.25, -0.2) is 4.57 Å². The molecule has 1 fully saturated rings. The van der Waals surface area contributed by atoms with Gasteiger partial charge in [0.25, 0.3) is 0 Å². The average molecular weight is 194 g/mol. The van der Waals surface area contributed by atoms with Crippen LogP contribution >= 0.6 is 7.91 Å². The molecule has 2 atom stereocenters. The van der Waals surface area contributed by atoms with Crippen molar-refractivity contribution in [2.75, 3.05) is 6.61 Å². The Bertz CT molecular complexity index is 239. The molecule has 0 aliphatic carbocycles. The highest BCUT2D eigenvalue weighted by atomic mass is 31.2. The molecule has 0 radical (unpaired) electrons. The summed E-state index contributed by atoms with van der Waals surface area (Å²) in [6.07, 6.45) is 0.886. The first-order valence-corrected chi connectivity index (χ1v) is 5.06. The predicted molar refractivity (Wildman–Crippen MR) is 43.5 cm³/mol. The van der Waals surface area contributed by atoms with Gasteiger partial charge in [-0.15, -0.1) is 10.8 Å². The van der Waals surface area contributed by atoms with Gasteiger partial charge in [-0.2, -0.15) is 0 Å². The van der Waals surface area contributed by atoms with Crippen LogP contribution in [0.1, 0.15) is 13.8 Å². The molecule has 1 aliphatic rings. The molecule has 5 heteroatoms. The number of hydrogen-bond donors (Lipinski definition) is 0. The first kappa shape index (κ1) is 9.90. The van der Waals surface area contributed by atoms with E-state index in [1.807, 2.05) is 13.8 Å². The van der Waals surface area contributed by atoms with E-state index in [9.17, 15) is 8.76 Å². The van der Waals surface area contributed by atoms with Crippen LogP contribution in [0.25, 0.3) is 0 Å². The first-order valence-electron chi connectivity index (χ1n) is 3.62. The van der Waals surface area contributed by atoms with Gasteiger partial charge in [0, 0.05) is 5.41 Å². The molecule has 0 amide bonds. The number of rotatable bonds is 1. The SMILES string of the molecule is C=CC1OP(=O)(F)OCC1(C)C. The van der Waals surface area contributed by atoms with Crippen molar-refractivity contribution in [2.45, 2.75) is 20.0 Å². The van der Waals surface area contributed by atoms with E-state index in [0.717, 1.165) is 0 Å². The number of halogens is 1. The molecule has 2 unspecified atom stereocenters. The van der Waals surface area contributed by atoms with Gasteiger partial charge in [0.1, 0.15) is 0 Å². The Morgan fingerprint density at radius 3 is 2.75 bits per heavy atom. The Kier molecular flexibility index (Phi) is 2.43. The first-order chi connectivity index (χ1) is 5.37. The molecule has 3 nitrogen and oxygen atoms in total.